The molecule has 0 aromatic rings. The van der Waals surface area contributed by atoms with Gasteiger partial charge in [-0.25, -0.2) is 4.79 Å². The van der Waals surface area contributed by atoms with Crippen LogP contribution >= 0.6 is 12.6 Å². The molecule has 0 aliphatic rings. The summed E-state index contributed by atoms with van der Waals surface area (Å²) < 4.78 is 0. The highest BCUT2D eigenvalue weighted by Crippen LogP contribution is 2.08. The molecule has 0 aliphatic carbocycles. The maximum atomic E-state index is 12.8. The van der Waals surface area contributed by atoms with Crippen LogP contribution in [0.5, 0.6) is 0 Å². The van der Waals surface area contributed by atoms with Gasteiger partial charge < -0.3 is 38.3 Å². The highest BCUT2D eigenvalue weighted by Gasteiger charge is 2.31. The first kappa shape index (κ1) is 29.1. The van der Waals surface area contributed by atoms with Crippen LogP contribution < -0.4 is 33.2 Å². The van der Waals surface area contributed by atoms with Crippen LogP contribution in [0.2, 0.25) is 0 Å². The molecule has 0 rings (SSSR count). The summed E-state index contributed by atoms with van der Waals surface area (Å²) in [5.74, 6) is -5.54. The molecule has 13 nitrogen and oxygen atoms in total. The summed E-state index contributed by atoms with van der Waals surface area (Å²) in [5, 5.41) is 16.2. The number of carbonyl (C=O) groups is 6. The molecule has 0 aliphatic heterocycles. The molecule has 10 N–H and O–H groups in total. The quantitative estimate of drug-likeness (QED) is 0.113. The van der Waals surface area contributed by atoms with Gasteiger partial charge in [0.2, 0.25) is 29.5 Å². The standard InChI is InChI=1S/C18H32N6O7S/c1-8(2)5-11(23-15(27)9(19)7-32)17(29)22-10(3-4-13(20)25)16(28)24-12(18(30)31)6-14(21)26/h8-12,32H,3-7,19H2,1-2H3,(H2,20,25)(H2,21,26)(H,22,29)(H,23,27)(H,24,28)(H,30,31). The Bertz CT molecular complexity index is 718. The number of carboxylic acids is 1. The second-order valence-electron chi connectivity index (χ2n) is 7.62. The summed E-state index contributed by atoms with van der Waals surface area (Å²) in [5.41, 5.74) is 15.7. The van der Waals surface area contributed by atoms with Gasteiger partial charge in [-0.05, 0) is 18.8 Å². The Morgan fingerprint density at radius 1 is 0.844 bits per heavy atom. The lowest BCUT2D eigenvalue weighted by atomic mass is 10.0. The highest BCUT2D eigenvalue weighted by molar-refractivity contribution is 7.80. The summed E-state index contributed by atoms with van der Waals surface area (Å²) in [6, 6.07) is -5.01. The zero-order valence-corrected chi connectivity index (χ0v) is 18.9. The smallest absolute Gasteiger partial charge is 0.326 e. The number of hydrogen-bond donors (Lipinski definition) is 8. The van der Waals surface area contributed by atoms with E-state index in [1.165, 1.54) is 0 Å². The summed E-state index contributed by atoms with van der Waals surface area (Å²) in [6.45, 7) is 3.62. The molecule has 0 heterocycles. The monoisotopic (exact) mass is 476 g/mol. The van der Waals surface area contributed by atoms with Gasteiger partial charge in [-0.15, -0.1) is 0 Å². The number of rotatable bonds is 15. The van der Waals surface area contributed by atoms with Gasteiger partial charge in [0.05, 0.1) is 12.5 Å². The van der Waals surface area contributed by atoms with Gasteiger partial charge in [0, 0.05) is 12.2 Å². The Kier molecular flexibility index (Phi) is 13.0. The SMILES string of the molecule is CC(C)CC(NC(=O)C(N)CS)C(=O)NC(CCC(N)=O)C(=O)NC(CC(N)=O)C(=O)O. The van der Waals surface area contributed by atoms with Crippen LogP contribution in [-0.4, -0.2) is 70.5 Å². The average Bonchev–Trinajstić information content (AvgIpc) is 2.67. The molecule has 5 amide bonds. The van der Waals surface area contributed by atoms with Crippen molar-refractivity contribution in [3.05, 3.63) is 0 Å². The molecular formula is C18H32N6O7S. The van der Waals surface area contributed by atoms with Gasteiger partial charge in [-0.3, -0.25) is 24.0 Å². The van der Waals surface area contributed by atoms with E-state index in [2.05, 4.69) is 28.6 Å². The van der Waals surface area contributed by atoms with E-state index in [-0.39, 0.29) is 30.9 Å². The predicted molar refractivity (Wildman–Crippen MR) is 117 cm³/mol. The van der Waals surface area contributed by atoms with Crippen molar-refractivity contribution in [1.29, 1.82) is 0 Å². The maximum Gasteiger partial charge on any atom is 0.326 e. The Hall–Kier alpha value is -2.87. The first-order valence-electron chi connectivity index (χ1n) is 9.85. The molecule has 4 unspecified atom stereocenters. The fourth-order valence-electron chi connectivity index (χ4n) is 2.57. The molecule has 0 saturated heterocycles. The minimum Gasteiger partial charge on any atom is -0.480 e. The summed E-state index contributed by atoms with van der Waals surface area (Å²) in [7, 11) is 0. The Morgan fingerprint density at radius 2 is 1.34 bits per heavy atom. The van der Waals surface area contributed by atoms with Crippen LogP contribution in [0.1, 0.15) is 39.5 Å². The van der Waals surface area contributed by atoms with Crippen LogP contribution in [0.4, 0.5) is 0 Å². The third kappa shape index (κ3) is 11.5. The lowest BCUT2D eigenvalue weighted by Crippen LogP contribution is -2.57. The lowest BCUT2D eigenvalue weighted by Gasteiger charge is -2.25. The van der Waals surface area contributed by atoms with Crippen LogP contribution in [-0.2, 0) is 28.8 Å². The average molecular weight is 477 g/mol. The molecule has 0 fully saturated rings. The first-order chi connectivity index (χ1) is 14.8. The third-order valence-electron chi connectivity index (χ3n) is 4.21. The van der Waals surface area contributed by atoms with Crippen molar-refractivity contribution in [2.45, 2.75) is 63.7 Å². The zero-order valence-electron chi connectivity index (χ0n) is 18.0. The molecule has 0 aromatic carbocycles. The van der Waals surface area contributed by atoms with Gasteiger partial charge >= 0.3 is 5.97 Å². The van der Waals surface area contributed by atoms with Gasteiger partial charge in [0.25, 0.3) is 0 Å². The number of nitrogens with two attached hydrogens (primary N) is 3. The van der Waals surface area contributed by atoms with E-state index >= 15 is 0 Å². The molecular weight excluding hydrogens is 444 g/mol. The molecule has 14 heteroatoms. The van der Waals surface area contributed by atoms with Gasteiger partial charge in [0.15, 0.2) is 0 Å². The minimum atomic E-state index is -1.63. The Morgan fingerprint density at radius 3 is 1.78 bits per heavy atom. The molecule has 0 aromatic heterocycles. The Balaban J connectivity index is 5.55. The van der Waals surface area contributed by atoms with Gasteiger partial charge in [0.1, 0.15) is 18.1 Å². The van der Waals surface area contributed by atoms with Gasteiger partial charge in [-0.2, -0.15) is 12.6 Å². The number of primary amides is 2. The zero-order chi connectivity index (χ0) is 25.0. The van der Waals surface area contributed by atoms with Crippen LogP contribution in [0.3, 0.4) is 0 Å². The van der Waals surface area contributed by atoms with Crippen LogP contribution in [0, 0.1) is 5.92 Å². The molecule has 0 radical (unpaired) electrons. The third-order valence-corrected chi connectivity index (χ3v) is 4.60. The number of thiol groups is 1. The minimum absolute atomic E-state index is 0.0249. The fraction of sp³-hybridized carbons (Fsp3) is 0.667. The van der Waals surface area contributed by atoms with Crippen LogP contribution in [0.25, 0.3) is 0 Å². The van der Waals surface area contributed by atoms with E-state index < -0.39 is 66.1 Å². The lowest BCUT2D eigenvalue weighted by molar-refractivity contribution is -0.144. The maximum absolute atomic E-state index is 12.8. The van der Waals surface area contributed by atoms with Crippen molar-refractivity contribution >= 4 is 48.1 Å². The number of amides is 5. The summed E-state index contributed by atoms with van der Waals surface area (Å²) in [4.78, 5) is 71.0. The molecule has 32 heavy (non-hydrogen) atoms. The number of carboxylic acid groups (broad SMARTS) is 1. The second kappa shape index (κ2) is 14.2. The summed E-state index contributed by atoms with van der Waals surface area (Å²) >= 11 is 3.94. The van der Waals surface area contributed by atoms with E-state index in [1.54, 1.807) is 0 Å². The number of nitrogens with one attached hydrogen (secondary N) is 3. The van der Waals surface area contributed by atoms with Crippen molar-refractivity contribution in [2.24, 2.45) is 23.1 Å². The normalized spacial score (nSPS) is 14.5. The predicted octanol–water partition coefficient (Wildman–Crippen LogP) is -3.03. The molecule has 4 atom stereocenters. The Labute approximate surface area is 191 Å². The highest BCUT2D eigenvalue weighted by atomic mass is 32.1. The largest absolute Gasteiger partial charge is 0.480 e. The van der Waals surface area contributed by atoms with Crippen LogP contribution in [0.15, 0.2) is 0 Å². The molecule has 0 bridgehead atoms. The van der Waals surface area contributed by atoms with Crippen molar-refractivity contribution in [1.82, 2.24) is 16.0 Å². The first-order valence-corrected chi connectivity index (χ1v) is 10.5. The van der Waals surface area contributed by atoms with E-state index in [0.29, 0.717) is 0 Å². The summed E-state index contributed by atoms with van der Waals surface area (Å²) in [6.07, 6.45) is -1.00. The van der Waals surface area contributed by atoms with Crippen molar-refractivity contribution in [3.63, 3.8) is 0 Å². The number of aliphatic carboxylic acids is 1. The molecule has 0 spiro atoms. The number of hydrogen-bond acceptors (Lipinski definition) is 8. The van der Waals surface area contributed by atoms with Crippen molar-refractivity contribution in [3.8, 4) is 0 Å². The van der Waals surface area contributed by atoms with E-state index in [4.69, 9.17) is 22.3 Å². The fourth-order valence-corrected chi connectivity index (χ4v) is 2.73. The second-order valence-corrected chi connectivity index (χ2v) is 7.98. The topological polar surface area (TPSA) is 237 Å². The van der Waals surface area contributed by atoms with Gasteiger partial charge in [-0.1, -0.05) is 13.8 Å². The molecule has 182 valence electrons. The molecule has 0 saturated carbocycles. The van der Waals surface area contributed by atoms with Crippen molar-refractivity contribution in [2.75, 3.05) is 5.75 Å². The van der Waals surface area contributed by atoms with E-state index in [9.17, 15) is 28.8 Å². The van der Waals surface area contributed by atoms with E-state index in [0.717, 1.165) is 0 Å². The number of carbonyl (C=O) groups excluding carboxylic acids is 5. The van der Waals surface area contributed by atoms with E-state index in [1.807, 2.05) is 13.8 Å². The van der Waals surface area contributed by atoms with Crippen molar-refractivity contribution < 1.29 is 33.9 Å².